The largest absolute Gasteiger partial charge is 0.374 e. The van der Waals surface area contributed by atoms with Gasteiger partial charge < -0.3 is 9.30 Å². The average molecular weight is 182 g/mol. The maximum absolute atomic E-state index is 5.23. The molecule has 0 aliphatic heterocycles. The molecular formula is C10H18N2O. The minimum Gasteiger partial charge on any atom is -0.374 e. The molecular weight excluding hydrogens is 164 g/mol. The Morgan fingerprint density at radius 3 is 3.00 bits per heavy atom. The SMILES string of the molecule is CCCCn1ccnc1C(C)OC. The maximum Gasteiger partial charge on any atom is 0.137 e. The molecule has 0 N–H and O–H groups in total. The molecule has 0 saturated carbocycles. The van der Waals surface area contributed by atoms with E-state index in [2.05, 4.69) is 16.5 Å². The summed E-state index contributed by atoms with van der Waals surface area (Å²) >= 11 is 0. The summed E-state index contributed by atoms with van der Waals surface area (Å²) in [5.74, 6) is 1.02. The number of ether oxygens (including phenoxy) is 1. The second kappa shape index (κ2) is 5.02. The number of hydrogen-bond donors (Lipinski definition) is 0. The van der Waals surface area contributed by atoms with Gasteiger partial charge in [0.05, 0.1) is 0 Å². The summed E-state index contributed by atoms with van der Waals surface area (Å²) in [4.78, 5) is 4.28. The van der Waals surface area contributed by atoms with Crippen molar-refractivity contribution in [1.29, 1.82) is 0 Å². The summed E-state index contributed by atoms with van der Waals surface area (Å²) in [5.41, 5.74) is 0. The number of nitrogens with zero attached hydrogens (tertiary/aromatic N) is 2. The van der Waals surface area contributed by atoms with Gasteiger partial charge in [-0.15, -0.1) is 0 Å². The third kappa shape index (κ3) is 2.56. The first-order valence-electron chi connectivity index (χ1n) is 4.83. The number of aryl methyl sites for hydroxylation is 1. The highest BCUT2D eigenvalue weighted by Gasteiger charge is 2.09. The van der Waals surface area contributed by atoms with E-state index in [4.69, 9.17) is 4.74 Å². The molecule has 1 heterocycles. The molecule has 0 aliphatic rings. The molecule has 0 fully saturated rings. The zero-order chi connectivity index (χ0) is 9.68. The molecule has 0 amide bonds. The smallest absolute Gasteiger partial charge is 0.137 e. The molecule has 0 saturated heterocycles. The second-order valence-electron chi connectivity index (χ2n) is 3.21. The number of hydrogen-bond acceptors (Lipinski definition) is 2. The van der Waals surface area contributed by atoms with E-state index >= 15 is 0 Å². The number of methoxy groups -OCH3 is 1. The maximum atomic E-state index is 5.23. The molecule has 0 radical (unpaired) electrons. The molecule has 1 atom stereocenters. The lowest BCUT2D eigenvalue weighted by atomic mass is 10.3. The lowest BCUT2D eigenvalue weighted by Gasteiger charge is -2.11. The van der Waals surface area contributed by atoms with Crippen LogP contribution < -0.4 is 0 Å². The second-order valence-corrected chi connectivity index (χ2v) is 3.21. The monoisotopic (exact) mass is 182 g/mol. The van der Waals surface area contributed by atoms with E-state index in [1.807, 2.05) is 19.3 Å². The van der Waals surface area contributed by atoms with Gasteiger partial charge in [-0.25, -0.2) is 4.98 Å². The molecule has 0 aromatic carbocycles. The summed E-state index contributed by atoms with van der Waals surface area (Å²) in [6, 6.07) is 0. The quantitative estimate of drug-likeness (QED) is 0.699. The predicted octanol–water partition coefficient (Wildman–Crippen LogP) is 2.39. The van der Waals surface area contributed by atoms with E-state index in [0.29, 0.717) is 0 Å². The van der Waals surface area contributed by atoms with Crippen molar-refractivity contribution in [2.75, 3.05) is 7.11 Å². The zero-order valence-corrected chi connectivity index (χ0v) is 8.66. The molecule has 13 heavy (non-hydrogen) atoms. The number of aromatic nitrogens is 2. The lowest BCUT2D eigenvalue weighted by Crippen LogP contribution is -2.07. The van der Waals surface area contributed by atoms with Crippen LogP contribution in [-0.4, -0.2) is 16.7 Å². The van der Waals surface area contributed by atoms with Crippen LogP contribution in [0.15, 0.2) is 12.4 Å². The van der Waals surface area contributed by atoms with Gasteiger partial charge in [-0.05, 0) is 13.3 Å². The Labute approximate surface area is 79.7 Å². The first kappa shape index (κ1) is 10.3. The van der Waals surface area contributed by atoms with Crippen molar-refractivity contribution in [1.82, 2.24) is 9.55 Å². The van der Waals surface area contributed by atoms with E-state index in [-0.39, 0.29) is 6.10 Å². The Bertz CT molecular complexity index is 245. The van der Waals surface area contributed by atoms with Crippen molar-refractivity contribution in [2.45, 2.75) is 39.3 Å². The first-order chi connectivity index (χ1) is 6.29. The average Bonchev–Trinajstić information content (AvgIpc) is 2.61. The Morgan fingerprint density at radius 1 is 1.62 bits per heavy atom. The summed E-state index contributed by atoms with van der Waals surface area (Å²) in [5, 5.41) is 0. The van der Waals surface area contributed by atoms with Crippen LogP contribution in [0.3, 0.4) is 0 Å². The summed E-state index contributed by atoms with van der Waals surface area (Å²) < 4.78 is 7.40. The van der Waals surface area contributed by atoms with E-state index in [1.165, 1.54) is 12.8 Å². The molecule has 1 aromatic heterocycles. The fraction of sp³-hybridized carbons (Fsp3) is 0.700. The van der Waals surface area contributed by atoms with Crippen LogP contribution in [0.2, 0.25) is 0 Å². The molecule has 74 valence electrons. The molecule has 0 bridgehead atoms. The van der Waals surface area contributed by atoms with E-state index in [0.717, 1.165) is 12.4 Å². The Kier molecular flexibility index (Phi) is 3.96. The highest BCUT2D eigenvalue weighted by Crippen LogP contribution is 2.13. The summed E-state index contributed by atoms with van der Waals surface area (Å²) in [7, 11) is 1.71. The highest BCUT2D eigenvalue weighted by atomic mass is 16.5. The molecule has 1 rings (SSSR count). The van der Waals surface area contributed by atoms with Crippen LogP contribution in [0, 0.1) is 0 Å². The standard InChI is InChI=1S/C10H18N2O/c1-4-5-7-12-8-6-11-10(12)9(2)13-3/h6,8-9H,4-5,7H2,1-3H3. The molecule has 1 aromatic rings. The van der Waals surface area contributed by atoms with Gasteiger partial charge in [0.25, 0.3) is 0 Å². The van der Waals surface area contributed by atoms with Gasteiger partial charge in [-0.2, -0.15) is 0 Å². The first-order valence-corrected chi connectivity index (χ1v) is 4.83. The fourth-order valence-electron chi connectivity index (χ4n) is 1.30. The van der Waals surface area contributed by atoms with E-state index < -0.39 is 0 Å². The van der Waals surface area contributed by atoms with Gasteiger partial charge in [0, 0.05) is 26.0 Å². The van der Waals surface area contributed by atoms with Crippen LogP contribution in [0.4, 0.5) is 0 Å². The Hall–Kier alpha value is -0.830. The van der Waals surface area contributed by atoms with Gasteiger partial charge in [0.15, 0.2) is 0 Å². The highest BCUT2D eigenvalue weighted by molar-refractivity contribution is 4.95. The molecule has 1 unspecified atom stereocenters. The van der Waals surface area contributed by atoms with Crippen molar-refractivity contribution in [2.24, 2.45) is 0 Å². The van der Waals surface area contributed by atoms with Crippen molar-refractivity contribution in [3.8, 4) is 0 Å². The topological polar surface area (TPSA) is 27.1 Å². The Balaban J connectivity index is 2.65. The van der Waals surface area contributed by atoms with Crippen LogP contribution in [0.5, 0.6) is 0 Å². The van der Waals surface area contributed by atoms with Gasteiger partial charge in [0.1, 0.15) is 11.9 Å². The van der Waals surface area contributed by atoms with Crippen LogP contribution in [0.25, 0.3) is 0 Å². The number of unbranched alkanes of at least 4 members (excludes halogenated alkanes) is 1. The molecule has 0 aliphatic carbocycles. The molecule has 0 spiro atoms. The molecule has 3 nitrogen and oxygen atoms in total. The fourth-order valence-corrected chi connectivity index (χ4v) is 1.30. The third-order valence-electron chi connectivity index (χ3n) is 2.22. The summed E-state index contributed by atoms with van der Waals surface area (Å²) in [6.45, 7) is 5.25. The minimum absolute atomic E-state index is 0.0897. The van der Waals surface area contributed by atoms with Gasteiger partial charge in [-0.1, -0.05) is 13.3 Å². The Morgan fingerprint density at radius 2 is 2.38 bits per heavy atom. The van der Waals surface area contributed by atoms with Crippen LogP contribution >= 0.6 is 0 Å². The minimum atomic E-state index is 0.0897. The predicted molar refractivity (Wildman–Crippen MR) is 52.6 cm³/mol. The van der Waals surface area contributed by atoms with Gasteiger partial charge in [0.2, 0.25) is 0 Å². The van der Waals surface area contributed by atoms with Gasteiger partial charge >= 0.3 is 0 Å². The number of imidazole rings is 1. The van der Waals surface area contributed by atoms with Crippen LogP contribution in [0.1, 0.15) is 38.6 Å². The normalized spacial score (nSPS) is 13.2. The van der Waals surface area contributed by atoms with Crippen molar-refractivity contribution in [3.63, 3.8) is 0 Å². The molecule has 3 heteroatoms. The number of rotatable bonds is 5. The summed E-state index contributed by atoms with van der Waals surface area (Å²) in [6.07, 6.45) is 6.34. The van der Waals surface area contributed by atoms with Crippen molar-refractivity contribution >= 4 is 0 Å². The third-order valence-corrected chi connectivity index (χ3v) is 2.22. The van der Waals surface area contributed by atoms with Crippen molar-refractivity contribution in [3.05, 3.63) is 18.2 Å². The van der Waals surface area contributed by atoms with Crippen molar-refractivity contribution < 1.29 is 4.74 Å². The zero-order valence-electron chi connectivity index (χ0n) is 8.66. The van der Waals surface area contributed by atoms with E-state index in [9.17, 15) is 0 Å². The van der Waals surface area contributed by atoms with Crippen LogP contribution in [-0.2, 0) is 11.3 Å². The lowest BCUT2D eigenvalue weighted by molar-refractivity contribution is 0.108. The van der Waals surface area contributed by atoms with E-state index in [1.54, 1.807) is 7.11 Å². The van der Waals surface area contributed by atoms with Gasteiger partial charge in [-0.3, -0.25) is 0 Å².